The topological polar surface area (TPSA) is 63.5 Å². The summed E-state index contributed by atoms with van der Waals surface area (Å²) in [6.07, 6.45) is 0.668. The maximum absolute atomic E-state index is 14.1. The van der Waals surface area contributed by atoms with E-state index < -0.39 is 33.7 Å². The molecule has 1 amide bonds. The maximum Gasteiger partial charge on any atom is 0.305 e. The van der Waals surface area contributed by atoms with Crippen LogP contribution in [0, 0.1) is 27.7 Å². The summed E-state index contributed by atoms with van der Waals surface area (Å²) in [4.78, 5) is 23.3. The quantitative estimate of drug-likeness (QED) is 0.489. The third-order valence-electron chi connectivity index (χ3n) is 3.78. The van der Waals surface area contributed by atoms with Gasteiger partial charge in [-0.3, -0.25) is 14.9 Å². The predicted molar refractivity (Wildman–Crippen MR) is 72.3 cm³/mol. The number of amides is 1. The molecule has 5 nitrogen and oxygen atoms in total. The van der Waals surface area contributed by atoms with Gasteiger partial charge in [-0.2, -0.15) is 4.39 Å². The molecule has 2 unspecified atom stereocenters. The molecule has 1 aliphatic rings. The van der Waals surface area contributed by atoms with Crippen molar-refractivity contribution in [3.63, 3.8) is 0 Å². The number of likely N-dealkylation sites (tertiary alicyclic amines) is 1. The minimum absolute atomic E-state index is 0.108. The molecule has 0 bridgehead atoms. The minimum Gasteiger partial charge on any atom is -0.334 e. The van der Waals surface area contributed by atoms with Gasteiger partial charge in [-0.15, -0.1) is 11.6 Å². The van der Waals surface area contributed by atoms with Crippen molar-refractivity contribution in [2.45, 2.75) is 19.4 Å². The normalized spacial score (nSPS) is 21.6. The van der Waals surface area contributed by atoms with E-state index in [2.05, 4.69) is 0 Å². The van der Waals surface area contributed by atoms with Crippen LogP contribution in [0.5, 0.6) is 0 Å². The molecule has 0 radical (unpaired) electrons. The molecular weight excluding hydrogens is 306 g/mol. The number of nitro benzene ring substituents is 1. The van der Waals surface area contributed by atoms with Crippen LogP contribution in [-0.2, 0) is 0 Å². The van der Waals surface area contributed by atoms with Gasteiger partial charge >= 0.3 is 5.69 Å². The van der Waals surface area contributed by atoms with Crippen LogP contribution in [-0.4, -0.2) is 34.2 Å². The van der Waals surface area contributed by atoms with Crippen molar-refractivity contribution in [1.82, 2.24) is 4.90 Å². The van der Waals surface area contributed by atoms with E-state index in [1.165, 1.54) is 4.90 Å². The number of carbonyl (C=O) groups is 1. The molecule has 2 atom stereocenters. The first-order valence-corrected chi connectivity index (χ1v) is 6.91. The molecule has 1 aliphatic heterocycles. The molecule has 1 saturated heterocycles. The lowest BCUT2D eigenvalue weighted by molar-refractivity contribution is -0.387. The van der Waals surface area contributed by atoms with Gasteiger partial charge < -0.3 is 4.90 Å². The Morgan fingerprint density at radius 1 is 1.52 bits per heavy atom. The molecule has 0 spiro atoms. The molecule has 0 aliphatic carbocycles. The number of alkyl halides is 1. The first-order valence-electron chi connectivity index (χ1n) is 6.37. The Labute approximate surface area is 124 Å². The summed E-state index contributed by atoms with van der Waals surface area (Å²) in [5, 5.41) is 10.7. The van der Waals surface area contributed by atoms with Crippen LogP contribution in [0.4, 0.5) is 14.5 Å². The fraction of sp³-hybridized carbons (Fsp3) is 0.462. The van der Waals surface area contributed by atoms with E-state index in [9.17, 15) is 23.7 Å². The number of hydrogen-bond acceptors (Lipinski definition) is 3. The van der Waals surface area contributed by atoms with Crippen LogP contribution in [0.3, 0.4) is 0 Å². The number of rotatable bonds is 3. The molecule has 1 heterocycles. The zero-order valence-electron chi connectivity index (χ0n) is 11.2. The van der Waals surface area contributed by atoms with Gasteiger partial charge in [0, 0.05) is 24.5 Å². The van der Waals surface area contributed by atoms with Crippen molar-refractivity contribution < 1.29 is 18.5 Å². The number of carbonyl (C=O) groups excluding carboxylic acids is 1. The summed E-state index contributed by atoms with van der Waals surface area (Å²) in [7, 11) is 0. The SMILES string of the molecule is CC1CCN(C(=O)c2c(F)ccc([N+](=O)[O-])c2F)C1CCl. The monoisotopic (exact) mass is 318 g/mol. The lowest BCUT2D eigenvalue weighted by Gasteiger charge is -2.25. The molecular formula is C13H13ClF2N2O3. The summed E-state index contributed by atoms with van der Waals surface area (Å²) >= 11 is 5.80. The van der Waals surface area contributed by atoms with Gasteiger partial charge in [0.05, 0.1) is 4.92 Å². The first kappa shape index (κ1) is 15.6. The van der Waals surface area contributed by atoms with Crippen molar-refractivity contribution in [2.24, 2.45) is 5.92 Å². The van der Waals surface area contributed by atoms with Gasteiger partial charge in [0.1, 0.15) is 11.4 Å². The summed E-state index contributed by atoms with van der Waals surface area (Å²) in [5.41, 5.74) is -1.82. The zero-order valence-corrected chi connectivity index (χ0v) is 11.9. The van der Waals surface area contributed by atoms with E-state index in [1.807, 2.05) is 6.92 Å². The van der Waals surface area contributed by atoms with Gasteiger partial charge in [0.15, 0.2) is 0 Å². The molecule has 0 saturated carbocycles. The standard InChI is InChI=1S/C13H13ClF2N2O3/c1-7-4-5-17(10(7)6-14)13(19)11-8(15)2-3-9(12(11)16)18(20)21/h2-3,7,10H,4-6H2,1H3. The van der Waals surface area contributed by atoms with Crippen molar-refractivity contribution >= 4 is 23.2 Å². The second-order valence-electron chi connectivity index (χ2n) is 5.00. The first-order chi connectivity index (χ1) is 9.88. The maximum atomic E-state index is 14.1. The lowest BCUT2D eigenvalue weighted by Crippen LogP contribution is -2.39. The summed E-state index contributed by atoms with van der Waals surface area (Å²) in [5.74, 6) is -3.21. The molecule has 1 fully saturated rings. The highest BCUT2D eigenvalue weighted by atomic mass is 35.5. The van der Waals surface area contributed by atoms with Crippen LogP contribution in [0.15, 0.2) is 12.1 Å². The largest absolute Gasteiger partial charge is 0.334 e. The summed E-state index contributed by atoms with van der Waals surface area (Å²) in [6.45, 7) is 2.21. The fourth-order valence-corrected chi connectivity index (χ4v) is 2.99. The average Bonchev–Trinajstić information content (AvgIpc) is 2.79. The Balaban J connectivity index is 2.44. The molecule has 0 N–H and O–H groups in total. The molecule has 114 valence electrons. The van der Waals surface area contributed by atoms with Gasteiger partial charge in [-0.05, 0) is 18.4 Å². The van der Waals surface area contributed by atoms with E-state index in [1.54, 1.807) is 0 Å². The highest BCUT2D eigenvalue weighted by molar-refractivity contribution is 6.18. The van der Waals surface area contributed by atoms with Crippen molar-refractivity contribution in [3.05, 3.63) is 39.4 Å². The lowest BCUT2D eigenvalue weighted by atomic mass is 10.0. The Morgan fingerprint density at radius 3 is 2.76 bits per heavy atom. The van der Waals surface area contributed by atoms with Crippen molar-refractivity contribution in [2.75, 3.05) is 12.4 Å². The predicted octanol–water partition coefficient (Wildman–Crippen LogP) is 2.96. The molecule has 21 heavy (non-hydrogen) atoms. The number of hydrogen-bond donors (Lipinski definition) is 0. The van der Waals surface area contributed by atoms with Crippen LogP contribution < -0.4 is 0 Å². The van der Waals surface area contributed by atoms with E-state index in [0.717, 1.165) is 6.07 Å². The number of benzene rings is 1. The van der Waals surface area contributed by atoms with E-state index in [4.69, 9.17) is 11.6 Å². The molecule has 1 aromatic carbocycles. The Morgan fingerprint density at radius 2 is 2.19 bits per heavy atom. The number of nitrogens with zero attached hydrogens (tertiary/aromatic N) is 2. The summed E-state index contributed by atoms with van der Waals surface area (Å²) in [6, 6.07) is 1.09. The van der Waals surface area contributed by atoms with E-state index >= 15 is 0 Å². The van der Waals surface area contributed by atoms with E-state index in [0.29, 0.717) is 19.0 Å². The van der Waals surface area contributed by atoms with Gasteiger partial charge in [0.25, 0.3) is 5.91 Å². The number of halogens is 3. The van der Waals surface area contributed by atoms with Crippen LogP contribution in [0.2, 0.25) is 0 Å². The van der Waals surface area contributed by atoms with Crippen LogP contribution >= 0.6 is 11.6 Å². The van der Waals surface area contributed by atoms with E-state index in [-0.39, 0.29) is 17.8 Å². The molecule has 8 heteroatoms. The Bertz CT molecular complexity index is 597. The van der Waals surface area contributed by atoms with Crippen molar-refractivity contribution in [1.29, 1.82) is 0 Å². The zero-order chi connectivity index (χ0) is 15.7. The van der Waals surface area contributed by atoms with Gasteiger partial charge in [-0.1, -0.05) is 6.92 Å². The summed E-state index contributed by atoms with van der Waals surface area (Å²) < 4.78 is 27.8. The minimum atomic E-state index is -1.45. The van der Waals surface area contributed by atoms with Gasteiger partial charge in [-0.25, -0.2) is 4.39 Å². The smallest absolute Gasteiger partial charge is 0.305 e. The molecule has 2 rings (SSSR count). The third-order valence-corrected chi connectivity index (χ3v) is 4.10. The highest BCUT2D eigenvalue weighted by Crippen LogP contribution is 2.30. The molecule has 0 aromatic heterocycles. The highest BCUT2D eigenvalue weighted by Gasteiger charge is 2.37. The van der Waals surface area contributed by atoms with Gasteiger partial charge in [0.2, 0.25) is 5.82 Å². The average molecular weight is 319 g/mol. The second kappa shape index (κ2) is 5.93. The third kappa shape index (κ3) is 2.70. The van der Waals surface area contributed by atoms with Crippen LogP contribution in [0.1, 0.15) is 23.7 Å². The Kier molecular flexibility index (Phi) is 4.41. The number of nitro groups is 1. The van der Waals surface area contributed by atoms with Crippen molar-refractivity contribution in [3.8, 4) is 0 Å². The van der Waals surface area contributed by atoms with Crippen LogP contribution in [0.25, 0.3) is 0 Å². The fourth-order valence-electron chi connectivity index (χ4n) is 2.52. The molecule has 1 aromatic rings. The Hall–Kier alpha value is -1.76. The second-order valence-corrected chi connectivity index (χ2v) is 5.31.